The van der Waals surface area contributed by atoms with E-state index in [0.29, 0.717) is 16.6 Å². The van der Waals surface area contributed by atoms with E-state index in [9.17, 15) is 4.39 Å². The summed E-state index contributed by atoms with van der Waals surface area (Å²) in [5.74, 6) is -0.178. The second-order valence-corrected chi connectivity index (χ2v) is 4.84. The third kappa shape index (κ3) is 5.91. The summed E-state index contributed by atoms with van der Waals surface area (Å²) in [5.41, 5.74) is 0.691. The Morgan fingerprint density at radius 2 is 2.00 bits per heavy atom. The molecule has 0 aromatic heterocycles. The minimum atomic E-state index is -0.178. The number of nitrogens with one attached hydrogen (secondary N) is 2. The molecule has 102 valence electrons. The van der Waals surface area contributed by atoms with Crippen molar-refractivity contribution in [1.29, 1.82) is 0 Å². The Morgan fingerprint density at radius 3 is 2.78 bits per heavy atom. The van der Waals surface area contributed by atoms with Gasteiger partial charge in [-0.3, -0.25) is 0 Å². The van der Waals surface area contributed by atoms with Gasteiger partial charge in [-0.25, -0.2) is 4.39 Å². The summed E-state index contributed by atoms with van der Waals surface area (Å²) >= 11 is 3.18. The lowest BCUT2D eigenvalue weighted by atomic mass is 10.2. The lowest BCUT2D eigenvalue weighted by molar-refractivity contribution is 0.199. The van der Waals surface area contributed by atoms with Crippen molar-refractivity contribution < 1.29 is 9.13 Å². The van der Waals surface area contributed by atoms with Crippen molar-refractivity contribution in [2.75, 3.05) is 33.4 Å². The van der Waals surface area contributed by atoms with Crippen molar-refractivity contribution in [2.24, 2.45) is 0 Å². The average molecular weight is 319 g/mol. The molecule has 1 aromatic carbocycles. The molecule has 0 amide bonds. The van der Waals surface area contributed by atoms with Crippen LogP contribution in [0.4, 0.5) is 4.39 Å². The van der Waals surface area contributed by atoms with Crippen LogP contribution in [0.1, 0.15) is 12.0 Å². The van der Waals surface area contributed by atoms with Crippen LogP contribution in [0.2, 0.25) is 0 Å². The van der Waals surface area contributed by atoms with Crippen LogP contribution in [-0.4, -0.2) is 33.4 Å². The van der Waals surface area contributed by atoms with Crippen LogP contribution in [0.15, 0.2) is 22.7 Å². The highest BCUT2D eigenvalue weighted by Crippen LogP contribution is 2.18. The summed E-state index contributed by atoms with van der Waals surface area (Å²) in [6, 6.07) is 5.35. The highest BCUT2D eigenvalue weighted by atomic mass is 79.9. The molecule has 0 heterocycles. The third-order valence-corrected chi connectivity index (χ3v) is 3.15. The summed E-state index contributed by atoms with van der Waals surface area (Å²) in [7, 11) is 1.69. The van der Waals surface area contributed by atoms with E-state index in [-0.39, 0.29) is 5.82 Å². The first-order chi connectivity index (χ1) is 8.75. The summed E-state index contributed by atoms with van der Waals surface area (Å²) in [4.78, 5) is 0. The molecule has 0 aliphatic carbocycles. The molecule has 0 bridgehead atoms. The molecule has 0 radical (unpaired) electrons. The second-order valence-electron chi connectivity index (χ2n) is 3.99. The number of rotatable bonds is 9. The maximum Gasteiger partial charge on any atom is 0.141 e. The van der Waals surface area contributed by atoms with E-state index in [2.05, 4.69) is 26.6 Å². The third-order valence-electron chi connectivity index (χ3n) is 2.54. The molecular formula is C13H20BrFN2O. The van der Waals surface area contributed by atoms with Gasteiger partial charge in [-0.1, -0.05) is 12.1 Å². The summed E-state index contributed by atoms with van der Waals surface area (Å²) in [5, 5.41) is 6.49. The molecule has 2 N–H and O–H groups in total. The van der Waals surface area contributed by atoms with E-state index in [4.69, 9.17) is 4.74 Å². The highest BCUT2D eigenvalue weighted by Gasteiger charge is 2.04. The van der Waals surface area contributed by atoms with Gasteiger partial charge in [0, 0.05) is 25.8 Å². The molecule has 0 aliphatic heterocycles. The summed E-state index contributed by atoms with van der Waals surface area (Å²) in [6.07, 6.45) is 1.01. The second kappa shape index (κ2) is 9.44. The van der Waals surface area contributed by atoms with E-state index in [1.807, 2.05) is 6.07 Å². The van der Waals surface area contributed by atoms with Gasteiger partial charge >= 0.3 is 0 Å². The van der Waals surface area contributed by atoms with E-state index >= 15 is 0 Å². The van der Waals surface area contributed by atoms with E-state index in [0.717, 1.165) is 32.7 Å². The lowest BCUT2D eigenvalue weighted by Gasteiger charge is -2.07. The predicted octanol–water partition coefficient (Wildman–Crippen LogP) is 2.30. The Bertz CT molecular complexity index is 350. The van der Waals surface area contributed by atoms with Crippen molar-refractivity contribution in [3.8, 4) is 0 Å². The number of hydrogen-bond donors (Lipinski definition) is 2. The van der Waals surface area contributed by atoms with Crippen LogP contribution in [-0.2, 0) is 11.3 Å². The minimum absolute atomic E-state index is 0.178. The zero-order valence-electron chi connectivity index (χ0n) is 10.6. The fraction of sp³-hybridized carbons (Fsp3) is 0.538. The maximum absolute atomic E-state index is 13.6. The molecule has 0 aliphatic rings. The Labute approximate surface area is 116 Å². The molecule has 0 atom stereocenters. The summed E-state index contributed by atoms with van der Waals surface area (Å²) < 4.78 is 19.0. The van der Waals surface area contributed by atoms with Crippen molar-refractivity contribution in [1.82, 2.24) is 10.6 Å². The van der Waals surface area contributed by atoms with Crippen molar-refractivity contribution in [2.45, 2.75) is 13.0 Å². The smallest absolute Gasteiger partial charge is 0.141 e. The molecule has 5 heteroatoms. The first-order valence-corrected chi connectivity index (χ1v) is 6.88. The molecule has 0 saturated heterocycles. The molecule has 1 aromatic rings. The Balaban J connectivity index is 2.09. The fourth-order valence-corrected chi connectivity index (χ4v) is 1.95. The fourth-order valence-electron chi connectivity index (χ4n) is 1.55. The Morgan fingerprint density at radius 1 is 1.22 bits per heavy atom. The summed E-state index contributed by atoms with van der Waals surface area (Å²) in [6.45, 7) is 3.97. The zero-order chi connectivity index (χ0) is 13.2. The van der Waals surface area contributed by atoms with Crippen LogP contribution >= 0.6 is 15.9 Å². The predicted molar refractivity (Wildman–Crippen MR) is 75.2 cm³/mol. The van der Waals surface area contributed by atoms with Gasteiger partial charge in [-0.2, -0.15) is 0 Å². The van der Waals surface area contributed by atoms with Gasteiger partial charge in [0.15, 0.2) is 0 Å². The van der Waals surface area contributed by atoms with Gasteiger partial charge in [0.25, 0.3) is 0 Å². The first kappa shape index (κ1) is 15.6. The van der Waals surface area contributed by atoms with Gasteiger partial charge in [0.05, 0.1) is 11.1 Å². The van der Waals surface area contributed by atoms with Crippen molar-refractivity contribution in [3.63, 3.8) is 0 Å². The first-order valence-electron chi connectivity index (χ1n) is 6.09. The quantitative estimate of drug-likeness (QED) is 0.685. The molecule has 0 saturated carbocycles. The average Bonchev–Trinajstić information content (AvgIpc) is 2.37. The van der Waals surface area contributed by atoms with Crippen LogP contribution < -0.4 is 10.6 Å². The SMILES string of the molecule is COCCNCCCNCc1cccc(Br)c1F. The van der Waals surface area contributed by atoms with Crippen molar-refractivity contribution in [3.05, 3.63) is 34.1 Å². The van der Waals surface area contributed by atoms with E-state index in [1.54, 1.807) is 19.2 Å². The van der Waals surface area contributed by atoms with E-state index in [1.165, 1.54) is 0 Å². The van der Waals surface area contributed by atoms with Gasteiger partial charge in [-0.15, -0.1) is 0 Å². The molecular weight excluding hydrogens is 299 g/mol. The normalized spacial score (nSPS) is 10.8. The molecule has 3 nitrogen and oxygen atoms in total. The number of ether oxygens (including phenoxy) is 1. The monoisotopic (exact) mass is 318 g/mol. The highest BCUT2D eigenvalue weighted by molar-refractivity contribution is 9.10. The van der Waals surface area contributed by atoms with Crippen LogP contribution in [0.25, 0.3) is 0 Å². The van der Waals surface area contributed by atoms with Crippen molar-refractivity contribution >= 4 is 15.9 Å². The van der Waals surface area contributed by atoms with Crippen LogP contribution in [0.5, 0.6) is 0 Å². The largest absolute Gasteiger partial charge is 0.383 e. The van der Waals surface area contributed by atoms with Crippen LogP contribution in [0, 0.1) is 5.82 Å². The number of halogens is 2. The number of hydrogen-bond acceptors (Lipinski definition) is 3. The molecule has 0 fully saturated rings. The molecule has 0 spiro atoms. The molecule has 0 unspecified atom stereocenters. The Kier molecular flexibility index (Phi) is 8.17. The minimum Gasteiger partial charge on any atom is -0.383 e. The topological polar surface area (TPSA) is 33.3 Å². The maximum atomic E-state index is 13.6. The standard InChI is InChI=1S/C13H20BrFN2O/c1-18-9-8-16-6-3-7-17-10-11-4-2-5-12(14)13(11)15/h2,4-5,16-17H,3,6-10H2,1H3. The molecule has 1 rings (SSSR count). The lowest BCUT2D eigenvalue weighted by Crippen LogP contribution is -2.24. The van der Waals surface area contributed by atoms with Crippen LogP contribution in [0.3, 0.4) is 0 Å². The zero-order valence-corrected chi connectivity index (χ0v) is 12.2. The Hall–Kier alpha value is -0.490. The van der Waals surface area contributed by atoms with Gasteiger partial charge in [-0.05, 0) is 41.5 Å². The van der Waals surface area contributed by atoms with Gasteiger partial charge in [0.1, 0.15) is 5.82 Å². The van der Waals surface area contributed by atoms with Gasteiger partial charge < -0.3 is 15.4 Å². The van der Waals surface area contributed by atoms with Gasteiger partial charge in [0.2, 0.25) is 0 Å². The molecule has 18 heavy (non-hydrogen) atoms. The van der Waals surface area contributed by atoms with E-state index < -0.39 is 0 Å². The number of methoxy groups -OCH3 is 1. The number of benzene rings is 1.